The smallest absolute Gasteiger partial charge is 0.303 e. The molecule has 0 saturated carbocycles. The van der Waals surface area contributed by atoms with Crippen molar-refractivity contribution < 1.29 is 9.90 Å². The third-order valence-electron chi connectivity index (χ3n) is 3.26. The van der Waals surface area contributed by atoms with Crippen molar-refractivity contribution in [2.24, 2.45) is 0 Å². The van der Waals surface area contributed by atoms with Crippen molar-refractivity contribution in [3.63, 3.8) is 0 Å². The molecule has 1 saturated heterocycles. The van der Waals surface area contributed by atoms with Crippen molar-refractivity contribution >= 4 is 29.5 Å². The Balaban J connectivity index is 1.76. The second-order valence-electron chi connectivity index (χ2n) is 4.80. The number of unbranched alkanes of at least 4 members (excludes halogenated alkanes) is 1. The van der Waals surface area contributed by atoms with Crippen LogP contribution in [0, 0.1) is 0 Å². The highest BCUT2D eigenvalue weighted by Gasteiger charge is 2.23. The van der Waals surface area contributed by atoms with Crippen molar-refractivity contribution in [2.45, 2.75) is 41.9 Å². The zero-order chi connectivity index (χ0) is 13.5. The van der Waals surface area contributed by atoms with Crippen LogP contribution in [-0.2, 0) is 4.79 Å². The van der Waals surface area contributed by atoms with Gasteiger partial charge in [-0.1, -0.05) is 36.8 Å². The first kappa shape index (κ1) is 14.8. The second kappa shape index (κ2) is 7.85. The van der Waals surface area contributed by atoms with E-state index in [9.17, 15) is 4.79 Å². The van der Waals surface area contributed by atoms with Gasteiger partial charge in [0.2, 0.25) is 0 Å². The number of carboxylic acids is 1. The molecule has 0 aromatic heterocycles. The number of rotatable bonds is 6. The summed E-state index contributed by atoms with van der Waals surface area (Å²) in [6.45, 7) is 0. The first-order chi connectivity index (χ1) is 9.25. The van der Waals surface area contributed by atoms with E-state index in [0.29, 0.717) is 16.3 Å². The summed E-state index contributed by atoms with van der Waals surface area (Å²) in [5, 5.41) is 9.33. The molecule has 0 bridgehead atoms. The average molecular weight is 296 g/mol. The fourth-order valence-corrected chi connectivity index (χ4v) is 5.66. The fourth-order valence-electron chi connectivity index (χ4n) is 2.23. The quantitative estimate of drug-likeness (QED) is 0.780. The molecule has 2 nitrogen and oxygen atoms in total. The molecule has 1 aliphatic heterocycles. The van der Waals surface area contributed by atoms with Crippen LogP contribution in [0.5, 0.6) is 0 Å². The van der Waals surface area contributed by atoms with Gasteiger partial charge < -0.3 is 5.11 Å². The number of aliphatic carboxylic acids is 1. The van der Waals surface area contributed by atoms with E-state index < -0.39 is 5.97 Å². The molecule has 2 unspecified atom stereocenters. The maximum absolute atomic E-state index is 10.5. The highest BCUT2D eigenvalue weighted by Crippen LogP contribution is 2.48. The van der Waals surface area contributed by atoms with Crippen LogP contribution < -0.4 is 0 Å². The summed E-state index contributed by atoms with van der Waals surface area (Å²) in [7, 11) is 0. The summed E-state index contributed by atoms with van der Waals surface area (Å²) in [5.74, 6) is 0.546. The van der Waals surface area contributed by atoms with Gasteiger partial charge in [-0.15, -0.1) is 23.5 Å². The van der Waals surface area contributed by atoms with Crippen LogP contribution in [-0.4, -0.2) is 22.1 Å². The van der Waals surface area contributed by atoms with Crippen molar-refractivity contribution in [3.05, 3.63) is 35.9 Å². The van der Waals surface area contributed by atoms with E-state index >= 15 is 0 Å². The van der Waals surface area contributed by atoms with Gasteiger partial charge in [0, 0.05) is 11.7 Å². The molecule has 1 aromatic rings. The lowest BCUT2D eigenvalue weighted by Gasteiger charge is -2.28. The van der Waals surface area contributed by atoms with Gasteiger partial charge >= 0.3 is 5.97 Å². The predicted molar refractivity (Wildman–Crippen MR) is 83.7 cm³/mol. The lowest BCUT2D eigenvalue weighted by molar-refractivity contribution is -0.137. The molecule has 1 N–H and O–H groups in total. The molecule has 104 valence electrons. The number of benzene rings is 1. The highest BCUT2D eigenvalue weighted by molar-refractivity contribution is 8.17. The van der Waals surface area contributed by atoms with Crippen molar-refractivity contribution in [1.29, 1.82) is 0 Å². The van der Waals surface area contributed by atoms with Crippen LogP contribution in [0.25, 0.3) is 0 Å². The Hall–Kier alpha value is -0.610. The van der Waals surface area contributed by atoms with Gasteiger partial charge in [-0.3, -0.25) is 4.79 Å². The molecule has 0 radical (unpaired) electrons. The zero-order valence-corrected chi connectivity index (χ0v) is 12.6. The van der Waals surface area contributed by atoms with Crippen LogP contribution in [0.4, 0.5) is 0 Å². The Bertz CT molecular complexity index is 394. The predicted octanol–water partition coefficient (Wildman–Crippen LogP) is 4.57. The molecule has 19 heavy (non-hydrogen) atoms. The first-order valence-electron chi connectivity index (χ1n) is 6.79. The van der Waals surface area contributed by atoms with E-state index in [-0.39, 0.29) is 0 Å². The summed E-state index contributed by atoms with van der Waals surface area (Å²) in [6, 6.07) is 10.7. The van der Waals surface area contributed by atoms with Gasteiger partial charge in [0.1, 0.15) is 0 Å². The molecule has 0 spiro atoms. The maximum Gasteiger partial charge on any atom is 0.303 e. The SMILES string of the molecule is O=C(O)CCCCC1CCSC(c2ccccc2)S1. The van der Waals surface area contributed by atoms with Crippen LogP contribution in [0.15, 0.2) is 30.3 Å². The lowest BCUT2D eigenvalue weighted by Crippen LogP contribution is -2.12. The molecule has 2 atom stereocenters. The molecule has 0 amide bonds. The van der Waals surface area contributed by atoms with E-state index in [1.165, 1.54) is 17.7 Å². The number of hydrogen-bond donors (Lipinski definition) is 1. The Morgan fingerprint density at radius 2 is 2.05 bits per heavy atom. The molecule has 1 aromatic carbocycles. The fraction of sp³-hybridized carbons (Fsp3) is 0.533. The Morgan fingerprint density at radius 3 is 2.79 bits per heavy atom. The minimum atomic E-state index is -0.672. The van der Waals surface area contributed by atoms with Crippen LogP contribution in [0.1, 0.15) is 42.2 Å². The van der Waals surface area contributed by atoms with Gasteiger partial charge in [-0.25, -0.2) is 0 Å². The van der Waals surface area contributed by atoms with E-state index in [2.05, 4.69) is 42.1 Å². The van der Waals surface area contributed by atoms with Crippen molar-refractivity contribution in [2.75, 3.05) is 5.75 Å². The molecule has 2 rings (SSSR count). The van der Waals surface area contributed by atoms with Gasteiger partial charge in [0.05, 0.1) is 4.58 Å². The Kier molecular flexibility index (Phi) is 6.11. The summed E-state index contributed by atoms with van der Waals surface area (Å²) < 4.78 is 0.555. The van der Waals surface area contributed by atoms with Crippen LogP contribution in [0.3, 0.4) is 0 Å². The number of hydrogen-bond acceptors (Lipinski definition) is 3. The molecular weight excluding hydrogens is 276 g/mol. The monoisotopic (exact) mass is 296 g/mol. The third kappa shape index (κ3) is 5.11. The van der Waals surface area contributed by atoms with Crippen LogP contribution >= 0.6 is 23.5 Å². The minimum Gasteiger partial charge on any atom is -0.481 e. The third-order valence-corrected chi connectivity index (χ3v) is 6.43. The van der Waals surface area contributed by atoms with E-state index in [1.54, 1.807) is 0 Å². The Morgan fingerprint density at radius 1 is 1.26 bits per heavy atom. The van der Waals surface area contributed by atoms with Crippen molar-refractivity contribution in [1.82, 2.24) is 0 Å². The molecule has 1 fully saturated rings. The van der Waals surface area contributed by atoms with Crippen molar-refractivity contribution in [3.8, 4) is 0 Å². The summed E-state index contributed by atoms with van der Waals surface area (Å²) in [4.78, 5) is 10.5. The number of carbonyl (C=O) groups is 1. The first-order valence-corrected chi connectivity index (χ1v) is 8.78. The largest absolute Gasteiger partial charge is 0.481 e. The van der Waals surface area contributed by atoms with Gasteiger partial charge in [0.25, 0.3) is 0 Å². The molecule has 0 aliphatic carbocycles. The molecule has 1 aliphatic rings. The standard InChI is InChI=1S/C15H20O2S2/c16-14(17)9-5-4-8-13-10-11-18-15(19-13)12-6-2-1-3-7-12/h1-3,6-7,13,15H,4-5,8-11H2,(H,16,17). The lowest BCUT2D eigenvalue weighted by atomic mass is 10.1. The van der Waals surface area contributed by atoms with E-state index in [4.69, 9.17) is 5.11 Å². The van der Waals surface area contributed by atoms with E-state index in [0.717, 1.165) is 19.3 Å². The van der Waals surface area contributed by atoms with Gasteiger partial charge in [-0.2, -0.15) is 0 Å². The number of thioether (sulfide) groups is 2. The van der Waals surface area contributed by atoms with E-state index in [1.807, 2.05) is 11.8 Å². The minimum absolute atomic E-state index is 0.314. The van der Waals surface area contributed by atoms with Crippen LogP contribution in [0.2, 0.25) is 0 Å². The summed E-state index contributed by atoms with van der Waals surface area (Å²) in [6.07, 6.45) is 4.58. The Labute approximate surface area is 123 Å². The molecule has 1 heterocycles. The molecular formula is C15H20O2S2. The zero-order valence-electron chi connectivity index (χ0n) is 11.0. The van der Waals surface area contributed by atoms with Gasteiger partial charge in [0.15, 0.2) is 0 Å². The molecule has 4 heteroatoms. The number of carboxylic acid groups (broad SMARTS) is 1. The second-order valence-corrected chi connectivity index (χ2v) is 7.72. The highest BCUT2D eigenvalue weighted by atomic mass is 32.2. The topological polar surface area (TPSA) is 37.3 Å². The van der Waals surface area contributed by atoms with Gasteiger partial charge in [-0.05, 0) is 30.6 Å². The summed E-state index contributed by atoms with van der Waals surface area (Å²) >= 11 is 4.09. The normalized spacial score (nSPS) is 23.2. The maximum atomic E-state index is 10.5. The summed E-state index contributed by atoms with van der Waals surface area (Å²) in [5.41, 5.74) is 1.41. The average Bonchev–Trinajstić information content (AvgIpc) is 2.45.